The van der Waals surface area contributed by atoms with E-state index in [0.29, 0.717) is 6.54 Å². The van der Waals surface area contributed by atoms with Gasteiger partial charge in [-0.05, 0) is 17.5 Å². The molecule has 0 aromatic heterocycles. The van der Waals surface area contributed by atoms with Crippen LogP contribution in [0.25, 0.3) is 0 Å². The van der Waals surface area contributed by atoms with Crippen molar-refractivity contribution < 1.29 is 8.42 Å². The van der Waals surface area contributed by atoms with Gasteiger partial charge in [0.05, 0.1) is 5.75 Å². The highest BCUT2D eigenvalue weighted by Crippen LogP contribution is 2.26. The summed E-state index contributed by atoms with van der Waals surface area (Å²) in [5, 5.41) is 7.97. The van der Waals surface area contributed by atoms with Gasteiger partial charge in [0.25, 0.3) is 0 Å². The summed E-state index contributed by atoms with van der Waals surface area (Å²) in [7, 11) is -2.97. The molecule has 96 valence electrons. The molecule has 2 aliphatic heterocycles. The maximum atomic E-state index is 11.3. The largest absolute Gasteiger partial charge is 0.384 e. The Hall–Kier alpha value is -1.33. The molecule has 4 nitrogen and oxygen atoms in total. The van der Waals surface area contributed by atoms with Crippen molar-refractivity contribution in [3.8, 4) is 0 Å². The van der Waals surface area contributed by atoms with E-state index < -0.39 is 9.84 Å². The molecule has 3 rings (SSSR count). The van der Waals surface area contributed by atoms with E-state index in [4.69, 9.17) is 0 Å². The summed E-state index contributed by atoms with van der Waals surface area (Å²) in [5.74, 6) is 0.176. The predicted octanol–water partition coefficient (Wildman–Crippen LogP) is 1.05. The summed E-state index contributed by atoms with van der Waals surface area (Å²) >= 11 is 0. The molecule has 0 fully saturated rings. The monoisotopic (exact) mass is 264 g/mol. The summed E-state index contributed by atoms with van der Waals surface area (Å²) in [6, 6.07) is 6.22. The van der Waals surface area contributed by atoms with Gasteiger partial charge in [-0.2, -0.15) is 0 Å². The summed E-state index contributed by atoms with van der Waals surface area (Å²) < 4.78 is 22.6. The highest BCUT2D eigenvalue weighted by Gasteiger charge is 2.21. The zero-order valence-electron chi connectivity index (χ0n) is 10.0. The summed E-state index contributed by atoms with van der Waals surface area (Å²) in [6.45, 7) is 1.69. The second kappa shape index (κ2) is 4.40. The third-order valence-electron chi connectivity index (χ3n) is 3.42. The Morgan fingerprint density at radius 1 is 1.39 bits per heavy atom. The van der Waals surface area contributed by atoms with E-state index in [1.807, 2.05) is 0 Å². The lowest BCUT2D eigenvalue weighted by Gasteiger charge is -2.13. The highest BCUT2D eigenvalue weighted by atomic mass is 32.2. The van der Waals surface area contributed by atoms with Crippen molar-refractivity contribution in [1.29, 1.82) is 0 Å². The van der Waals surface area contributed by atoms with E-state index >= 15 is 0 Å². The van der Waals surface area contributed by atoms with Gasteiger partial charge in [-0.3, -0.25) is 0 Å². The molecule has 1 aromatic rings. The summed E-state index contributed by atoms with van der Waals surface area (Å²) in [4.78, 5) is 0. The number of hydrogen-bond acceptors (Lipinski definition) is 4. The first-order valence-electron chi connectivity index (χ1n) is 6.13. The van der Waals surface area contributed by atoms with Crippen LogP contribution in [0.4, 0.5) is 5.69 Å². The Labute approximate surface area is 107 Å². The number of benzene rings is 1. The van der Waals surface area contributed by atoms with Gasteiger partial charge in [0, 0.05) is 30.2 Å². The van der Waals surface area contributed by atoms with Gasteiger partial charge < -0.3 is 10.6 Å². The summed E-state index contributed by atoms with van der Waals surface area (Å²) in [6.07, 6.45) is 2.80. The first-order chi connectivity index (χ1) is 8.64. The summed E-state index contributed by atoms with van der Waals surface area (Å²) in [5.41, 5.74) is 3.78. The Morgan fingerprint density at radius 3 is 3.06 bits per heavy atom. The molecule has 5 heteroatoms. The molecule has 1 aromatic carbocycles. The van der Waals surface area contributed by atoms with Gasteiger partial charge in [0.15, 0.2) is 9.84 Å². The van der Waals surface area contributed by atoms with Crippen LogP contribution in [-0.2, 0) is 22.8 Å². The highest BCUT2D eigenvalue weighted by molar-refractivity contribution is 7.94. The third kappa shape index (κ3) is 2.28. The van der Waals surface area contributed by atoms with Crippen LogP contribution in [0.1, 0.15) is 11.1 Å². The zero-order valence-corrected chi connectivity index (χ0v) is 10.8. The van der Waals surface area contributed by atoms with E-state index in [2.05, 4.69) is 28.8 Å². The topological polar surface area (TPSA) is 58.2 Å². The minimum atomic E-state index is -2.97. The molecule has 2 N–H and O–H groups in total. The van der Waals surface area contributed by atoms with Gasteiger partial charge in [-0.15, -0.1) is 0 Å². The van der Waals surface area contributed by atoms with E-state index in [1.54, 1.807) is 6.08 Å². The molecular formula is C13H16N2O2S. The Bertz CT molecular complexity index is 593. The Kier molecular flexibility index (Phi) is 2.87. The zero-order chi connectivity index (χ0) is 12.6. The minimum Gasteiger partial charge on any atom is -0.384 e. The maximum absolute atomic E-state index is 11.3. The van der Waals surface area contributed by atoms with Crippen LogP contribution in [0.5, 0.6) is 0 Å². The van der Waals surface area contributed by atoms with Crippen molar-refractivity contribution in [2.75, 3.05) is 17.6 Å². The molecule has 2 aliphatic rings. The van der Waals surface area contributed by atoms with Crippen molar-refractivity contribution in [1.82, 2.24) is 5.32 Å². The smallest absolute Gasteiger partial charge is 0.173 e. The molecule has 0 spiro atoms. The molecule has 0 amide bonds. The van der Waals surface area contributed by atoms with Gasteiger partial charge >= 0.3 is 0 Å². The Morgan fingerprint density at radius 2 is 2.28 bits per heavy atom. The molecule has 1 atom stereocenters. The van der Waals surface area contributed by atoms with Crippen LogP contribution >= 0.6 is 0 Å². The molecule has 0 radical (unpaired) electrons. The molecule has 18 heavy (non-hydrogen) atoms. The fraction of sp³-hybridized carbons (Fsp3) is 0.385. The van der Waals surface area contributed by atoms with Crippen molar-refractivity contribution in [2.24, 2.45) is 0 Å². The number of anilines is 1. The van der Waals surface area contributed by atoms with Crippen molar-refractivity contribution >= 4 is 15.5 Å². The second-order valence-corrected chi connectivity index (χ2v) is 6.70. The molecule has 0 aliphatic carbocycles. The first kappa shape index (κ1) is 11.7. The van der Waals surface area contributed by atoms with Gasteiger partial charge in [0.2, 0.25) is 0 Å². The molecule has 2 heterocycles. The van der Waals surface area contributed by atoms with Crippen molar-refractivity contribution in [3.63, 3.8) is 0 Å². The Balaban J connectivity index is 1.68. The normalized spacial score (nSPS) is 23.9. The molecule has 0 saturated heterocycles. The number of rotatable bonds is 3. The van der Waals surface area contributed by atoms with Crippen LogP contribution in [0, 0.1) is 0 Å². The fourth-order valence-corrected chi connectivity index (χ4v) is 3.77. The number of nitrogens with one attached hydrogen (secondary N) is 2. The standard InChI is InChI=1S/C13H16N2O2S/c16-18(17)7-5-12(9-18)15-8-11-3-1-2-10-4-6-14-13(10)11/h1-3,5,7,12,14-15H,4,6,8-9H2. The number of hydrogen-bond donors (Lipinski definition) is 2. The number of fused-ring (bicyclic) bond motifs is 1. The average Bonchev–Trinajstić information content (AvgIpc) is 2.92. The lowest BCUT2D eigenvalue weighted by molar-refractivity contribution is 0.590. The SMILES string of the molecule is O=S1(=O)C=CC(NCc2cccc3c2NCC3)C1. The minimum absolute atomic E-state index is 0.0627. The van der Waals surface area contributed by atoms with E-state index in [9.17, 15) is 8.42 Å². The maximum Gasteiger partial charge on any atom is 0.173 e. The first-order valence-corrected chi connectivity index (χ1v) is 7.84. The fourth-order valence-electron chi connectivity index (χ4n) is 2.50. The quantitative estimate of drug-likeness (QED) is 0.857. The molecule has 0 bridgehead atoms. The van der Waals surface area contributed by atoms with Crippen LogP contribution in [-0.4, -0.2) is 26.8 Å². The van der Waals surface area contributed by atoms with Crippen LogP contribution in [0.2, 0.25) is 0 Å². The van der Waals surface area contributed by atoms with Crippen LogP contribution in [0.3, 0.4) is 0 Å². The average molecular weight is 264 g/mol. The van der Waals surface area contributed by atoms with Crippen LogP contribution < -0.4 is 10.6 Å². The van der Waals surface area contributed by atoms with Gasteiger partial charge in [0.1, 0.15) is 0 Å². The van der Waals surface area contributed by atoms with Crippen LogP contribution in [0.15, 0.2) is 29.7 Å². The lowest BCUT2D eigenvalue weighted by Crippen LogP contribution is -2.29. The van der Waals surface area contributed by atoms with Crippen molar-refractivity contribution in [2.45, 2.75) is 19.0 Å². The van der Waals surface area contributed by atoms with Crippen molar-refractivity contribution in [3.05, 3.63) is 40.8 Å². The van der Waals surface area contributed by atoms with Gasteiger partial charge in [-0.25, -0.2) is 8.42 Å². The molecular weight excluding hydrogens is 248 g/mol. The number of sulfone groups is 1. The molecule has 0 saturated carbocycles. The predicted molar refractivity (Wildman–Crippen MR) is 72.2 cm³/mol. The second-order valence-electron chi connectivity index (χ2n) is 4.77. The van der Waals surface area contributed by atoms with E-state index in [0.717, 1.165) is 13.0 Å². The lowest BCUT2D eigenvalue weighted by atomic mass is 10.1. The number of para-hydroxylation sites is 1. The third-order valence-corrected chi connectivity index (χ3v) is 4.81. The van der Waals surface area contributed by atoms with E-state index in [-0.39, 0.29) is 11.8 Å². The van der Waals surface area contributed by atoms with E-state index in [1.165, 1.54) is 22.2 Å². The molecule has 1 unspecified atom stereocenters. The van der Waals surface area contributed by atoms with Gasteiger partial charge in [-0.1, -0.05) is 24.3 Å².